The highest BCUT2D eigenvalue weighted by Gasteiger charge is 2.40. The van der Waals surface area contributed by atoms with E-state index in [0.29, 0.717) is 0 Å². The summed E-state index contributed by atoms with van der Waals surface area (Å²) in [5.41, 5.74) is 0.702. The van der Waals surface area contributed by atoms with Gasteiger partial charge in [-0.05, 0) is 40.4 Å². The van der Waals surface area contributed by atoms with Crippen molar-refractivity contribution in [2.45, 2.75) is 24.9 Å². The number of aliphatic hydroxyl groups is 1. The normalized spacial score (nSPS) is 19.2. The molecule has 0 aliphatic heterocycles. The van der Waals surface area contributed by atoms with E-state index in [2.05, 4.69) is 20.9 Å². The third kappa shape index (κ3) is 1.84. The van der Waals surface area contributed by atoms with E-state index in [-0.39, 0.29) is 0 Å². The molecule has 0 saturated heterocycles. The molecule has 2 rings (SSSR count). The lowest BCUT2D eigenvalue weighted by Crippen LogP contribution is -2.10. The van der Waals surface area contributed by atoms with Gasteiger partial charge in [0, 0.05) is 12.6 Å². The van der Waals surface area contributed by atoms with E-state index in [1.807, 2.05) is 12.1 Å². The zero-order valence-corrected chi connectivity index (χ0v) is 8.21. The summed E-state index contributed by atoms with van der Waals surface area (Å²) in [7, 11) is 0. The number of nitrogens with zero attached hydrogens (tertiary/aromatic N) is 1. The number of hydrogen-bond acceptors (Lipinski definition) is 2. The van der Waals surface area contributed by atoms with Crippen molar-refractivity contribution in [3.05, 3.63) is 28.5 Å². The highest BCUT2D eigenvalue weighted by atomic mass is 79.9. The van der Waals surface area contributed by atoms with Crippen LogP contribution in [0.1, 0.15) is 18.4 Å². The second-order valence-electron chi connectivity index (χ2n) is 3.39. The first kappa shape index (κ1) is 8.20. The standard InChI is InChI=1S/C9H10BrNO/c10-8-2-1-7(6-11-8)5-9(12)3-4-9/h1-2,6,12H,3-5H2. The Kier molecular flexibility index (Phi) is 1.93. The minimum Gasteiger partial charge on any atom is -0.390 e. The number of hydrogen-bond donors (Lipinski definition) is 1. The van der Waals surface area contributed by atoms with Crippen molar-refractivity contribution in [1.29, 1.82) is 0 Å². The van der Waals surface area contributed by atoms with Crippen molar-refractivity contribution in [2.24, 2.45) is 0 Å². The molecule has 0 radical (unpaired) electrons. The van der Waals surface area contributed by atoms with Crippen LogP contribution in [0.15, 0.2) is 22.9 Å². The van der Waals surface area contributed by atoms with Gasteiger partial charge in [0.2, 0.25) is 0 Å². The lowest BCUT2D eigenvalue weighted by atomic mass is 10.1. The molecular formula is C9H10BrNO. The van der Waals surface area contributed by atoms with E-state index < -0.39 is 5.60 Å². The zero-order chi connectivity index (χ0) is 8.60. The van der Waals surface area contributed by atoms with Crippen LogP contribution in [0.25, 0.3) is 0 Å². The summed E-state index contributed by atoms with van der Waals surface area (Å²) in [6.07, 6.45) is 4.42. The van der Waals surface area contributed by atoms with E-state index in [1.165, 1.54) is 0 Å². The number of pyridine rings is 1. The highest BCUT2D eigenvalue weighted by molar-refractivity contribution is 9.10. The summed E-state index contributed by atoms with van der Waals surface area (Å²) in [6, 6.07) is 3.90. The predicted molar refractivity (Wildman–Crippen MR) is 49.8 cm³/mol. The van der Waals surface area contributed by atoms with Crippen molar-refractivity contribution in [3.63, 3.8) is 0 Å². The van der Waals surface area contributed by atoms with Crippen LogP contribution in [0.2, 0.25) is 0 Å². The Morgan fingerprint density at radius 2 is 2.25 bits per heavy atom. The molecule has 1 N–H and O–H groups in total. The van der Waals surface area contributed by atoms with Gasteiger partial charge in [-0.1, -0.05) is 6.07 Å². The number of aromatic nitrogens is 1. The number of rotatable bonds is 2. The minimum atomic E-state index is -0.407. The molecule has 0 spiro atoms. The summed E-state index contributed by atoms with van der Waals surface area (Å²) >= 11 is 3.27. The Hall–Kier alpha value is -0.410. The smallest absolute Gasteiger partial charge is 0.106 e. The van der Waals surface area contributed by atoms with E-state index >= 15 is 0 Å². The van der Waals surface area contributed by atoms with Gasteiger partial charge in [0.15, 0.2) is 0 Å². The topological polar surface area (TPSA) is 33.1 Å². The molecule has 1 aliphatic rings. The van der Waals surface area contributed by atoms with Gasteiger partial charge in [0.1, 0.15) is 4.60 Å². The second kappa shape index (κ2) is 2.82. The van der Waals surface area contributed by atoms with Crippen molar-refractivity contribution in [3.8, 4) is 0 Å². The number of halogens is 1. The molecule has 0 amide bonds. The molecule has 0 aromatic carbocycles. The van der Waals surface area contributed by atoms with Gasteiger partial charge in [-0.3, -0.25) is 0 Å². The van der Waals surface area contributed by atoms with E-state index in [1.54, 1.807) is 6.20 Å². The third-order valence-electron chi connectivity index (χ3n) is 2.15. The Bertz CT molecular complexity index is 279. The molecule has 1 aromatic rings. The van der Waals surface area contributed by atoms with Gasteiger partial charge < -0.3 is 5.11 Å². The molecule has 3 heteroatoms. The summed E-state index contributed by atoms with van der Waals surface area (Å²) in [5, 5.41) is 9.61. The van der Waals surface area contributed by atoms with Gasteiger partial charge in [-0.2, -0.15) is 0 Å². The minimum absolute atomic E-state index is 0.407. The average molecular weight is 228 g/mol. The van der Waals surface area contributed by atoms with Crippen LogP contribution in [-0.2, 0) is 6.42 Å². The van der Waals surface area contributed by atoms with Crippen molar-refractivity contribution in [2.75, 3.05) is 0 Å². The largest absolute Gasteiger partial charge is 0.390 e. The maximum absolute atomic E-state index is 9.61. The van der Waals surface area contributed by atoms with E-state index in [9.17, 15) is 5.11 Å². The van der Waals surface area contributed by atoms with Gasteiger partial charge in [-0.15, -0.1) is 0 Å². The van der Waals surface area contributed by atoms with Gasteiger partial charge in [0.05, 0.1) is 5.60 Å². The molecule has 1 aliphatic carbocycles. The van der Waals surface area contributed by atoms with Crippen molar-refractivity contribution < 1.29 is 5.11 Å². The van der Waals surface area contributed by atoms with Crippen LogP contribution in [0.3, 0.4) is 0 Å². The van der Waals surface area contributed by atoms with Crippen LogP contribution in [0, 0.1) is 0 Å². The first-order chi connectivity index (χ1) is 5.68. The summed E-state index contributed by atoms with van der Waals surface area (Å²) < 4.78 is 0.842. The van der Waals surface area contributed by atoms with Crippen LogP contribution in [0.4, 0.5) is 0 Å². The Labute approximate surface area is 79.8 Å². The lowest BCUT2D eigenvalue weighted by Gasteiger charge is -2.05. The zero-order valence-electron chi connectivity index (χ0n) is 6.63. The van der Waals surface area contributed by atoms with E-state index in [0.717, 1.165) is 29.4 Å². The lowest BCUT2D eigenvalue weighted by molar-refractivity contribution is 0.151. The maximum atomic E-state index is 9.61. The fourth-order valence-corrected chi connectivity index (χ4v) is 1.45. The first-order valence-electron chi connectivity index (χ1n) is 4.01. The molecule has 1 fully saturated rings. The SMILES string of the molecule is OC1(Cc2ccc(Br)nc2)CC1. The highest BCUT2D eigenvalue weighted by Crippen LogP contribution is 2.38. The molecule has 0 bridgehead atoms. The molecule has 0 atom stereocenters. The van der Waals surface area contributed by atoms with Crippen LogP contribution < -0.4 is 0 Å². The second-order valence-corrected chi connectivity index (χ2v) is 4.20. The van der Waals surface area contributed by atoms with Crippen LogP contribution >= 0.6 is 15.9 Å². The monoisotopic (exact) mass is 227 g/mol. The van der Waals surface area contributed by atoms with Gasteiger partial charge in [-0.25, -0.2) is 4.98 Å². The maximum Gasteiger partial charge on any atom is 0.106 e. The molecule has 1 aromatic heterocycles. The molecular weight excluding hydrogens is 218 g/mol. The quantitative estimate of drug-likeness (QED) is 0.784. The van der Waals surface area contributed by atoms with Crippen LogP contribution in [-0.4, -0.2) is 15.7 Å². The fraction of sp³-hybridized carbons (Fsp3) is 0.444. The fourth-order valence-electron chi connectivity index (χ4n) is 1.21. The third-order valence-corrected chi connectivity index (χ3v) is 2.62. The summed E-state index contributed by atoms with van der Waals surface area (Å²) in [4.78, 5) is 4.10. The molecule has 1 saturated carbocycles. The van der Waals surface area contributed by atoms with E-state index in [4.69, 9.17) is 0 Å². The van der Waals surface area contributed by atoms with Crippen LogP contribution in [0.5, 0.6) is 0 Å². The summed E-state index contributed by atoms with van der Waals surface area (Å²) in [6.45, 7) is 0. The van der Waals surface area contributed by atoms with Crippen molar-refractivity contribution in [1.82, 2.24) is 4.98 Å². The van der Waals surface area contributed by atoms with Gasteiger partial charge in [0.25, 0.3) is 0 Å². The predicted octanol–water partition coefficient (Wildman–Crippen LogP) is 1.91. The Morgan fingerprint density at radius 3 is 2.75 bits per heavy atom. The molecule has 1 heterocycles. The van der Waals surface area contributed by atoms with Crippen molar-refractivity contribution >= 4 is 15.9 Å². The average Bonchev–Trinajstić information content (AvgIpc) is 2.74. The van der Waals surface area contributed by atoms with Gasteiger partial charge >= 0.3 is 0 Å². The molecule has 2 nitrogen and oxygen atoms in total. The molecule has 0 unspecified atom stereocenters. The Morgan fingerprint density at radius 1 is 1.50 bits per heavy atom. The summed E-state index contributed by atoms with van der Waals surface area (Å²) in [5.74, 6) is 0. The molecule has 12 heavy (non-hydrogen) atoms. The Balaban J connectivity index is 2.08. The first-order valence-corrected chi connectivity index (χ1v) is 4.80. The molecule has 64 valence electrons.